The van der Waals surface area contributed by atoms with Crippen LogP contribution in [0.1, 0.15) is 19.3 Å². The van der Waals surface area contributed by atoms with Crippen LogP contribution in [0.4, 0.5) is 10.1 Å². The fraction of sp³-hybridized carbons (Fsp3) is 0.333. The molecular weight excluding hydrogens is 313 g/mol. The predicted molar refractivity (Wildman–Crippen MR) is 86.7 cm³/mol. The molecule has 0 amide bonds. The number of halogens is 1. The summed E-state index contributed by atoms with van der Waals surface area (Å²) < 4.78 is 24.4. The maximum absolute atomic E-state index is 12.9. The van der Waals surface area contributed by atoms with Gasteiger partial charge in [-0.1, -0.05) is 6.07 Å². The summed E-state index contributed by atoms with van der Waals surface area (Å²) in [5.41, 5.74) is 0.0293. The van der Waals surface area contributed by atoms with Gasteiger partial charge in [-0.05, 0) is 55.5 Å². The summed E-state index contributed by atoms with van der Waals surface area (Å²) in [6.45, 7) is 0.556. The second-order valence-corrected chi connectivity index (χ2v) is 5.94. The minimum Gasteiger partial charge on any atom is -0.493 e. The monoisotopic (exact) mass is 331 g/mol. The van der Waals surface area contributed by atoms with Crippen LogP contribution in [0.25, 0.3) is 0 Å². The van der Waals surface area contributed by atoms with Crippen molar-refractivity contribution in [1.82, 2.24) is 0 Å². The zero-order chi connectivity index (χ0) is 16.9. The molecule has 2 aromatic carbocycles. The van der Waals surface area contributed by atoms with Crippen molar-refractivity contribution in [3.8, 4) is 11.5 Å². The summed E-state index contributed by atoms with van der Waals surface area (Å²) in [6.07, 6.45) is 2.74. The van der Waals surface area contributed by atoms with Crippen LogP contribution in [0.2, 0.25) is 0 Å². The molecule has 0 saturated heterocycles. The highest BCUT2D eigenvalue weighted by Crippen LogP contribution is 2.31. The van der Waals surface area contributed by atoms with Crippen molar-refractivity contribution in [3.05, 3.63) is 64.5 Å². The summed E-state index contributed by atoms with van der Waals surface area (Å²) in [7, 11) is 0. The van der Waals surface area contributed by atoms with Crippen LogP contribution in [0.3, 0.4) is 0 Å². The second kappa shape index (κ2) is 7.29. The molecule has 1 fully saturated rings. The second-order valence-electron chi connectivity index (χ2n) is 5.94. The number of hydrogen-bond donors (Lipinski definition) is 0. The van der Waals surface area contributed by atoms with Crippen molar-refractivity contribution in [1.29, 1.82) is 0 Å². The van der Waals surface area contributed by atoms with Crippen molar-refractivity contribution in [2.75, 3.05) is 6.61 Å². The lowest BCUT2D eigenvalue weighted by Crippen LogP contribution is -2.15. The molecule has 5 nitrogen and oxygen atoms in total. The van der Waals surface area contributed by atoms with Crippen LogP contribution in [0, 0.1) is 21.8 Å². The van der Waals surface area contributed by atoms with Crippen molar-refractivity contribution in [2.24, 2.45) is 5.92 Å². The lowest BCUT2D eigenvalue weighted by Gasteiger charge is -2.14. The van der Waals surface area contributed by atoms with Gasteiger partial charge in [0.25, 0.3) is 5.69 Å². The fourth-order valence-electron chi connectivity index (χ4n) is 2.90. The highest BCUT2D eigenvalue weighted by Gasteiger charge is 2.27. The number of nitrogens with zero attached hydrogens (tertiary/aromatic N) is 1. The quantitative estimate of drug-likeness (QED) is 0.583. The lowest BCUT2D eigenvalue weighted by molar-refractivity contribution is -0.384. The van der Waals surface area contributed by atoms with E-state index in [1.165, 1.54) is 24.3 Å². The molecule has 6 heteroatoms. The summed E-state index contributed by atoms with van der Waals surface area (Å²) in [6, 6.07) is 12.2. The largest absolute Gasteiger partial charge is 0.493 e. The molecule has 0 radical (unpaired) electrons. The Hall–Kier alpha value is -2.63. The van der Waals surface area contributed by atoms with E-state index in [4.69, 9.17) is 9.47 Å². The molecule has 0 heterocycles. The summed E-state index contributed by atoms with van der Waals surface area (Å²) in [4.78, 5) is 10.4. The first-order valence-corrected chi connectivity index (χ1v) is 7.89. The normalized spacial score (nSPS) is 19.9. The number of non-ortho nitro benzene ring substituents is 1. The SMILES string of the molecule is O=[N+]([O-])c1cccc(O[C@H]2CC[C@H](COc3ccc(F)cc3)C2)c1. The maximum Gasteiger partial charge on any atom is 0.273 e. The van der Waals surface area contributed by atoms with Crippen molar-refractivity contribution in [2.45, 2.75) is 25.4 Å². The molecule has 126 valence electrons. The van der Waals surface area contributed by atoms with Gasteiger partial charge in [-0.25, -0.2) is 4.39 Å². The van der Waals surface area contributed by atoms with E-state index in [1.807, 2.05) is 0 Å². The maximum atomic E-state index is 12.9. The van der Waals surface area contributed by atoms with E-state index in [-0.39, 0.29) is 17.6 Å². The van der Waals surface area contributed by atoms with Crippen LogP contribution in [-0.4, -0.2) is 17.6 Å². The zero-order valence-electron chi connectivity index (χ0n) is 13.1. The third kappa shape index (κ3) is 4.22. The molecule has 0 unspecified atom stereocenters. The summed E-state index contributed by atoms with van der Waals surface area (Å²) in [5, 5.41) is 10.8. The molecular formula is C18H18FNO4. The van der Waals surface area contributed by atoms with E-state index in [1.54, 1.807) is 24.3 Å². The Kier molecular flexibility index (Phi) is 4.93. The van der Waals surface area contributed by atoms with Gasteiger partial charge >= 0.3 is 0 Å². The Balaban J connectivity index is 1.49. The summed E-state index contributed by atoms with van der Waals surface area (Å²) >= 11 is 0. The van der Waals surface area contributed by atoms with Gasteiger partial charge < -0.3 is 9.47 Å². The highest BCUT2D eigenvalue weighted by molar-refractivity contribution is 5.38. The Bertz CT molecular complexity index is 704. The molecule has 2 aromatic rings. The summed E-state index contributed by atoms with van der Waals surface area (Å²) in [5.74, 6) is 1.25. The fourth-order valence-corrected chi connectivity index (χ4v) is 2.90. The van der Waals surface area contributed by atoms with Gasteiger partial charge in [-0.2, -0.15) is 0 Å². The van der Waals surface area contributed by atoms with Crippen LogP contribution in [-0.2, 0) is 0 Å². The van der Waals surface area contributed by atoms with E-state index < -0.39 is 4.92 Å². The van der Waals surface area contributed by atoms with Crippen molar-refractivity contribution in [3.63, 3.8) is 0 Å². The van der Waals surface area contributed by atoms with Gasteiger partial charge in [0.15, 0.2) is 0 Å². The van der Waals surface area contributed by atoms with E-state index in [9.17, 15) is 14.5 Å². The molecule has 1 aliphatic rings. The number of hydrogen-bond acceptors (Lipinski definition) is 4. The number of ether oxygens (including phenoxy) is 2. The smallest absolute Gasteiger partial charge is 0.273 e. The predicted octanol–water partition coefficient (Wildman–Crippen LogP) is 4.36. The minimum absolute atomic E-state index is 0.0293. The molecule has 0 N–H and O–H groups in total. The molecule has 0 aliphatic heterocycles. The third-order valence-corrected chi connectivity index (χ3v) is 4.12. The molecule has 3 rings (SSSR count). The average molecular weight is 331 g/mol. The first kappa shape index (κ1) is 16.2. The highest BCUT2D eigenvalue weighted by atomic mass is 19.1. The van der Waals surface area contributed by atoms with Crippen LogP contribution >= 0.6 is 0 Å². The third-order valence-electron chi connectivity index (χ3n) is 4.12. The molecule has 1 aliphatic carbocycles. The van der Waals surface area contributed by atoms with E-state index >= 15 is 0 Å². The van der Waals surface area contributed by atoms with Crippen molar-refractivity contribution >= 4 is 5.69 Å². The number of rotatable bonds is 6. The van der Waals surface area contributed by atoms with Gasteiger partial charge in [0.05, 0.1) is 23.7 Å². The first-order chi connectivity index (χ1) is 11.6. The standard InChI is InChI=1S/C18H18FNO4/c19-14-5-8-16(9-6-14)23-12-13-4-7-18(10-13)24-17-3-1-2-15(11-17)20(21)22/h1-3,5-6,8-9,11,13,18H,4,7,10,12H2/t13-,18-/m0/s1. The zero-order valence-corrected chi connectivity index (χ0v) is 13.1. The van der Waals surface area contributed by atoms with E-state index in [2.05, 4.69) is 0 Å². The molecule has 0 spiro atoms. The lowest BCUT2D eigenvalue weighted by atomic mass is 10.1. The van der Waals surface area contributed by atoms with Gasteiger partial charge in [0.2, 0.25) is 0 Å². The van der Waals surface area contributed by atoms with Gasteiger partial charge in [0.1, 0.15) is 17.3 Å². The van der Waals surface area contributed by atoms with Gasteiger partial charge in [-0.15, -0.1) is 0 Å². The van der Waals surface area contributed by atoms with Crippen LogP contribution < -0.4 is 9.47 Å². The van der Waals surface area contributed by atoms with E-state index in [0.717, 1.165) is 19.3 Å². The van der Waals surface area contributed by atoms with E-state index in [0.29, 0.717) is 24.0 Å². The Morgan fingerprint density at radius 2 is 1.92 bits per heavy atom. The topological polar surface area (TPSA) is 61.6 Å². The molecule has 1 saturated carbocycles. The number of nitro groups is 1. The average Bonchev–Trinajstić information content (AvgIpc) is 3.02. The van der Waals surface area contributed by atoms with Crippen LogP contribution in [0.15, 0.2) is 48.5 Å². The molecule has 2 atom stereocenters. The van der Waals surface area contributed by atoms with Crippen molar-refractivity contribution < 1.29 is 18.8 Å². The number of benzene rings is 2. The van der Waals surface area contributed by atoms with Crippen LogP contribution in [0.5, 0.6) is 11.5 Å². The first-order valence-electron chi connectivity index (χ1n) is 7.89. The molecule has 0 aromatic heterocycles. The molecule has 24 heavy (non-hydrogen) atoms. The van der Waals surface area contributed by atoms with Gasteiger partial charge in [0, 0.05) is 6.07 Å². The Morgan fingerprint density at radius 1 is 1.12 bits per heavy atom. The number of nitro benzene ring substituents is 1. The van der Waals surface area contributed by atoms with Gasteiger partial charge in [-0.3, -0.25) is 10.1 Å². The molecule has 0 bridgehead atoms. The Labute approximate surface area is 139 Å². The Morgan fingerprint density at radius 3 is 2.67 bits per heavy atom. The minimum atomic E-state index is -0.430.